The highest BCUT2D eigenvalue weighted by atomic mass is 16.2. The van der Waals surface area contributed by atoms with Crippen LogP contribution in [0.3, 0.4) is 0 Å². The van der Waals surface area contributed by atoms with Crippen molar-refractivity contribution in [2.75, 3.05) is 10.6 Å². The number of fused-ring (bicyclic) bond motifs is 1. The molecule has 4 rings (SSSR count). The summed E-state index contributed by atoms with van der Waals surface area (Å²) in [6.07, 6.45) is 3.65. The van der Waals surface area contributed by atoms with Crippen molar-refractivity contribution >= 4 is 34.2 Å². The van der Waals surface area contributed by atoms with Crippen LogP contribution < -0.4 is 10.6 Å². The molecule has 0 spiro atoms. The Balaban J connectivity index is 1.48. The highest BCUT2D eigenvalue weighted by Crippen LogP contribution is 2.35. The molecule has 132 valence electrons. The van der Waals surface area contributed by atoms with Gasteiger partial charge in [0.15, 0.2) is 0 Å². The van der Waals surface area contributed by atoms with Crippen molar-refractivity contribution in [3.63, 3.8) is 0 Å². The number of benzene rings is 2. The number of carbonyl (C=O) groups excluding carboxylic acids is 2. The van der Waals surface area contributed by atoms with Gasteiger partial charge < -0.3 is 15.6 Å². The van der Waals surface area contributed by atoms with Crippen molar-refractivity contribution in [2.45, 2.75) is 32.1 Å². The summed E-state index contributed by atoms with van der Waals surface area (Å²) in [4.78, 5) is 31.5. The third-order valence-corrected chi connectivity index (χ3v) is 4.72. The van der Waals surface area contributed by atoms with Crippen LogP contribution in [-0.2, 0) is 4.79 Å². The monoisotopic (exact) mass is 348 g/mol. The molecule has 3 N–H and O–H groups in total. The van der Waals surface area contributed by atoms with Gasteiger partial charge in [0.2, 0.25) is 5.91 Å². The van der Waals surface area contributed by atoms with E-state index in [1.165, 1.54) is 26.2 Å². The van der Waals surface area contributed by atoms with Gasteiger partial charge in [-0.25, -0.2) is 4.98 Å². The number of anilines is 2. The van der Waals surface area contributed by atoms with Gasteiger partial charge >= 0.3 is 0 Å². The van der Waals surface area contributed by atoms with E-state index in [0.29, 0.717) is 17.2 Å². The zero-order valence-electron chi connectivity index (χ0n) is 14.5. The molecule has 3 aromatic rings. The first-order valence-corrected chi connectivity index (χ1v) is 8.77. The number of nitrogens with zero attached hydrogens (tertiary/aromatic N) is 1. The quantitative estimate of drug-likeness (QED) is 0.665. The van der Waals surface area contributed by atoms with E-state index in [0.717, 1.165) is 22.5 Å². The molecule has 6 heteroatoms. The molecular formula is C20H20N4O2. The van der Waals surface area contributed by atoms with E-state index >= 15 is 0 Å². The average Bonchev–Trinajstić information content (AvgIpc) is 2.95. The van der Waals surface area contributed by atoms with Crippen molar-refractivity contribution in [2.24, 2.45) is 0 Å². The van der Waals surface area contributed by atoms with E-state index < -0.39 is 0 Å². The lowest BCUT2D eigenvalue weighted by Crippen LogP contribution is -2.12. The number of nitrogens with one attached hydrogen (secondary N) is 3. The second-order valence-corrected chi connectivity index (χ2v) is 6.69. The Hall–Kier alpha value is -3.15. The number of hydrogen-bond acceptors (Lipinski definition) is 3. The van der Waals surface area contributed by atoms with Gasteiger partial charge in [-0.15, -0.1) is 0 Å². The summed E-state index contributed by atoms with van der Waals surface area (Å²) in [6, 6.07) is 12.5. The maximum absolute atomic E-state index is 12.4. The van der Waals surface area contributed by atoms with E-state index in [1.54, 1.807) is 24.3 Å². The number of aromatic amines is 1. The molecule has 1 aromatic heterocycles. The maximum Gasteiger partial charge on any atom is 0.255 e. The van der Waals surface area contributed by atoms with E-state index in [2.05, 4.69) is 20.6 Å². The minimum Gasteiger partial charge on any atom is -0.342 e. The van der Waals surface area contributed by atoms with E-state index in [1.807, 2.05) is 18.2 Å². The zero-order valence-corrected chi connectivity index (χ0v) is 14.5. The first kappa shape index (κ1) is 16.3. The van der Waals surface area contributed by atoms with Crippen molar-refractivity contribution in [1.82, 2.24) is 9.97 Å². The van der Waals surface area contributed by atoms with Crippen LogP contribution in [-0.4, -0.2) is 21.8 Å². The Bertz CT molecular complexity index is 971. The lowest BCUT2D eigenvalue weighted by molar-refractivity contribution is -0.114. The van der Waals surface area contributed by atoms with Gasteiger partial charge in [-0.3, -0.25) is 9.59 Å². The van der Waals surface area contributed by atoms with Gasteiger partial charge in [0.05, 0.1) is 11.0 Å². The van der Waals surface area contributed by atoms with Gasteiger partial charge in [-0.05, 0) is 55.3 Å². The lowest BCUT2D eigenvalue weighted by Gasteiger charge is -2.22. The largest absolute Gasteiger partial charge is 0.342 e. The summed E-state index contributed by atoms with van der Waals surface area (Å²) in [7, 11) is 0. The summed E-state index contributed by atoms with van der Waals surface area (Å²) in [6.45, 7) is 1.45. The predicted molar refractivity (Wildman–Crippen MR) is 101 cm³/mol. The van der Waals surface area contributed by atoms with Crippen LogP contribution in [0.2, 0.25) is 0 Å². The molecule has 0 bridgehead atoms. The van der Waals surface area contributed by atoms with Crippen molar-refractivity contribution in [3.8, 4) is 0 Å². The number of amides is 2. The Morgan fingerprint density at radius 2 is 1.77 bits per heavy atom. The fourth-order valence-corrected chi connectivity index (χ4v) is 3.09. The maximum atomic E-state index is 12.4. The standard InChI is InChI=1S/C20H20N4O2/c1-12(25)21-15-7-5-14(6-8-15)20(26)22-16-9-10-17-18(11-16)24-19(23-17)13-3-2-4-13/h5-11,13H,2-4H2,1H3,(H,21,25)(H,22,26)(H,23,24). The smallest absolute Gasteiger partial charge is 0.255 e. The van der Waals surface area contributed by atoms with Gasteiger partial charge in [0.25, 0.3) is 5.91 Å². The second kappa shape index (κ2) is 6.63. The van der Waals surface area contributed by atoms with Crippen molar-refractivity contribution in [3.05, 3.63) is 53.9 Å². The summed E-state index contributed by atoms with van der Waals surface area (Å²) in [5.74, 6) is 1.25. The number of aromatic nitrogens is 2. The second-order valence-electron chi connectivity index (χ2n) is 6.69. The lowest BCUT2D eigenvalue weighted by atomic mass is 9.85. The first-order valence-electron chi connectivity index (χ1n) is 8.77. The third kappa shape index (κ3) is 3.31. The Morgan fingerprint density at radius 3 is 2.42 bits per heavy atom. The molecule has 1 aliphatic carbocycles. The fourth-order valence-electron chi connectivity index (χ4n) is 3.09. The molecule has 0 radical (unpaired) electrons. The van der Waals surface area contributed by atoms with Crippen LogP contribution in [0.5, 0.6) is 0 Å². The average molecular weight is 348 g/mol. The molecule has 1 heterocycles. The third-order valence-electron chi connectivity index (χ3n) is 4.72. The predicted octanol–water partition coefficient (Wildman–Crippen LogP) is 4.04. The molecular weight excluding hydrogens is 328 g/mol. The van der Waals surface area contributed by atoms with E-state index in [-0.39, 0.29) is 11.8 Å². The molecule has 2 amide bonds. The summed E-state index contributed by atoms with van der Waals surface area (Å²) in [5.41, 5.74) is 3.77. The topological polar surface area (TPSA) is 86.9 Å². The molecule has 1 fully saturated rings. The molecule has 1 aliphatic rings. The van der Waals surface area contributed by atoms with E-state index in [9.17, 15) is 9.59 Å². The normalized spacial score (nSPS) is 14.0. The molecule has 0 unspecified atom stereocenters. The summed E-state index contributed by atoms with van der Waals surface area (Å²) < 4.78 is 0. The van der Waals surface area contributed by atoms with Crippen LogP contribution in [0.15, 0.2) is 42.5 Å². The summed E-state index contributed by atoms with van der Waals surface area (Å²) in [5, 5.41) is 5.58. The number of H-pyrrole nitrogens is 1. The van der Waals surface area contributed by atoms with Gasteiger partial charge in [-0.1, -0.05) is 6.42 Å². The first-order chi connectivity index (χ1) is 12.6. The number of hydrogen-bond donors (Lipinski definition) is 3. The Kier molecular flexibility index (Phi) is 4.16. The van der Waals surface area contributed by atoms with Gasteiger partial charge in [0, 0.05) is 29.8 Å². The Morgan fingerprint density at radius 1 is 1.04 bits per heavy atom. The van der Waals surface area contributed by atoms with Crippen LogP contribution in [0.4, 0.5) is 11.4 Å². The highest BCUT2D eigenvalue weighted by molar-refractivity contribution is 6.05. The minimum absolute atomic E-state index is 0.142. The van der Waals surface area contributed by atoms with Crippen LogP contribution in [0, 0.1) is 0 Å². The zero-order chi connectivity index (χ0) is 18.1. The number of rotatable bonds is 4. The van der Waals surface area contributed by atoms with Crippen molar-refractivity contribution in [1.29, 1.82) is 0 Å². The SMILES string of the molecule is CC(=O)Nc1ccc(C(=O)Nc2ccc3nc(C4CCC4)[nH]c3c2)cc1. The van der Waals surface area contributed by atoms with Crippen LogP contribution in [0.25, 0.3) is 11.0 Å². The van der Waals surface area contributed by atoms with E-state index in [4.69, 9.17) is 0 Å². The van der Waals surface area contributed by atoms with Crippen LogP contribution in [0.1, 0.15) is 48.3 Å². The highest BCUT2D eigenvalue weighted by Gasteiger charge is 2.22. The molecule has 0 saturated heterocycles. The molecule has 26 heavy (non-hydrogen) atoms. The van der Waals surface area contributed by atoms with Crippen LogP contribution >= 0.6 is 0 Å². The molecule has 6 nitrogen and oxygen atoms in total. The van der Waals surface area contributed by atoms with Gasteiger partial charge in [-0.2, -0.15) is 0 Å². The number of carbonyl (C=O) groups is 2. The minimum atomic E-state index is -0.197. The fraction of sp³-hybridized carbons (Fsp3) is 0.250. The molecule has 1 saturated carbocycles. The van der Waals surface area contributed by atoms with Gasteiger partial charge in [0.1, 0.15) is 5.82 Å². The molecule has 0 atom stereocenters. The molecule has 0 aliphatic heterocycles. The number of imidazole rings is 1. The Labute approximate surface area is 151 Å². The van der Waals surface area contributed by atoms with Crippen molar-refractivity contribution < 1.29 is 9.59 Å². The molecule has 2 aromatic carbocycles. The summed E-state index contributed by atoms with van der Waals surface area (Å²) >= 11 is 0.